The highest BCUT2D eigenvalue weighted by Gasteiger charge is 2.29. The van der Waals surface area contributed by atoms with Gasteiger partial charge in [0, 0.05) is 34.6 Å². The van der Waals surface area contributed by atoms with E-state index in [2.05, 4.69) is 31.0 Å². The molecule has 0 radical (unpaired) electrons. The fourth-order valence-corrected chi connectivity index (χ4v) is 3.48. The van der Waals surface area contributed by atoms with Crippen molar-refractivity contribution in [2.45, 2.75) is 39.8 Å². The standard InChI is InChI=1S/C19H27Cl2FN2O/c1-19(2,3)5-7-24-6-4-13(17(22)12-24)11-23-18(25)14-8-15(20)10-16(21)9-14/h8-10,13,17H,4-7,11-12H2,1-3H3,(H,23,25). The van der Waals surface area contributed by atoms with Crippen molar-refractivity contribution >= 4 is 29.1 Å². The number of hydrogen-bond acceptors (Lipinski definition) is 2. The van der Waals surface area contributed by atoms with E-state index in [9.17, 15) is 9.18 Å². The molecule has 1 amide bonds. The molecule has 0 aromatic heterocycles. The van der Waals surface area contributed by atoms with Crippen LogP contribution in [0.25, 0.3) is 0 Å². The van der Waals surface area contributed by atoms with E-state index < -0.39 is 6.17 Å². The highest BCUT2D eigenvalue weighted by atomic mass is 35.5. The summed E-state index contributed by atoms with van der Waals surface area (Å²) in [4.78, 5) is 14.4. The van der Waals surface area contributed by atoms with Crippen LogP contribution < -0.4 is 5.32 Å². The summed E-state index contributed by atoms with van der Waals surface area (Å²) >= 11 is 11.8. The molecule has 0 saturated carbocycles. The maximum atomic E-state index is 14.5. The lowest BCUT2D eigenvalue weighted by molar-refractivity contribution is 0.0724. The molecule has 1 saturated heterocycles. The minimum atomic E-state index is -0.919. The molecule has 1 aliphatic heterocycles. The van der Waals surface area contributed by atoms with E-state index in [0.717, 1.165) is 25.9 Å². The Morgan fingerprint density at radius 1 is 1.28 bits per heavy atom. The summed E-state index contributed by atoms with van der Waals surface area (Å²) in [6.45, 7) is 9.17. The van der Waals surface area contributed by atoms with Crippen LogP contribution in [0.2, 0.25) is 10.0 Å². The van der Waals surface area contributed by atoms with Gasteiger partial charge in [-0.1, -0.05) is 44.0 Å². The second-order valence-corrected chi connectivity index (χ2v) is 8.92. The van der Waals surface area contributed by atoms with Crippen molar-refractivity contribution in [2.75, 3.05) is 26.2 Å². The number of hydrogen-bond donors (Lipinski definition) is 1. The predicted octanol–water partition coefficient (Wildman–Crippen LogP) is 4.82. The highest BCUT2D eigenvalue weighted by Crippen LogP contribution is 2.24. The summed E-state index contributed by atoms with van der Waals surface area (Å²) in [5, 5.41) is 3.63. The molecule has 2 atom stereocenters. The van der Waals surface area contributed by atoms with Gasteiger partial charge < -0.3 is 10.2 Å². The average molecular weight is 389 g/mol. The molecule has 1 aromatic carbocycles. The zero-order chi connectivity index (χ0) is 18.6. The fraction of sp³-hybridized carbons (Fsp3) is 0.632. The molecule has 2 rings (SSSR count). The van der Waals surface area contributed by atoms with E-state index in [4.69, 9.17) is 23.2 Å². The number of nitrogens with one attached hydrogen (secondary N) is 1. The Morgan fingerprint density at radius 3 is 2.48 bits per heavy atom. The lowest BCUT2D eigenvalue weighted by atomic mass is 9.90. The lowest BCUT2D eigenvalue weighted by Crippen LogP contribution is -2.46. The predicted molar refractivity (Wildman–Crippen MR) is 102 cm³/mol. The smallest absolute Gasteiger partial charge is 0.251 e. The van der Waals surface area contributed by atoms with Gasteiger partial charge in [-0.25, -0.2) is 4.39 Å². The summed E-state index contributed by atoms with van der Waals surface area (Å²) in [7, 11) is 0. The summed E-state index contributed by atoms with van der Waals surface area (Å²) < 4.78 is 14.5. The second-order valence-electron chi connectivity index (χ2n) is 8.04. The Morgan fingerprint density at radius 2 is 1.92 bits per heavy atom. The Kier molecular flexibility index (Phi) is 7.12. The molecular weight excluding hydrogens is 362 g/mol. The van der Waals surface area contributed by atoms with Gasteiger partial charge in [0.2, 0.25) is 0 Å². The third kappa shape index (κ3) is 6.76. The Labute approximate surface area is 159 Å². The minimum absolute atomic E-state index is 0.149. The van der Waals surface area contributed by atoms with Crippen molar-refractivity contribution in [2.24, 2.45) is 11.3 Å². The van der Waals surface area contributed by atoms with Crippen LogP contribution in [-0.2, 0) is 0 Å². The van der Waals surface area contributed by atoms with Crippen LogP contribution in [-0.4, -0.2) is 43.2 Å². The number of piperidine rings is 1. The van der Waals surface area contributed by atoms with Crippen LogP contribution in [0, 0.1) is 11.3 Å². The van der Waals surface area contributed by atoms with Gasteiger partial charge in [0.05, 0.1) is 0 Å². The quantitative estimate of drug-likeness (QED) is 0.783. The van der Waals surface area contributed by atoms with Gasteiger partial charge in [0.25, 0.3) is 5.91 Å². The van der Waals surface area contributed by atoms with Crippen LogP contribution in [0.15, 0.2) is 18.2 Å². The zero-order valence-corrected chi connectivity index (χ0v) is 16.6. The molecule has 0 bridgehead atoms. The fourth-order valence-electron chi connectivity index (χ4n) is 2.95. The van der Waals surface area contributed by atoms with E-state index in [-0.39, 0.29) is 17.2 Å². The number of nitrogens with zero attached hydrogens (tertiary/aromatic N) is 1. The topological polar surface area (TPSA) is 32.3 Å². The Balaban J connectivity index is 1.81. The largest absolute Gasteiger partial charge is 0.352 e. The first-order chi connectivity index (χ1) is 11.6. The third-order valence-corrected chi connectivity index (χ3v) is 5.02. The number of alkyl halides is 1. The molecule has 1 heterocycles. The van der Waals surface area contributed by atoms with Crippen molar-refractivity contribution in [1.29, 1.82) is 0 Å². The van der Waals surface area contributed by atoms with Crippen molar-refractivity contribution in [3.63, 3.8) is 0 Å². The van der Waals surface area contributed by atoms with Gasteiger partial charge in [-0.2, -0.15) is 0 Å². The highest BCUT2D eigenvalue weighted by molar-refractivity contribution is 6.35. The van der Waals surface area contributed by atoms with Crippen molar-refractivity contribution in [3.05, 3.63) is 33.8 Å². The summed E-state index contributed by atoms with van der Waals surface area (Å²) in [5.74, 6) is -0.420. The second kappa shape index (κ2) is 8.70. The Bertz CT molecular complexity index is 583. The molecule has 140 valence electrons. The molecule has 3 nitrogen and oxygen atoms in total. The van der Waals surface area contributed by atoms with Crippen LogP contribution in [0.5, 0.6) is 0 Å². The summed E-state index contributed by atoms with van der Waals surface area (Å²) in [6.07, 6.45) is 0.885. The first-order valence-corrected chi connectivity index (χ1v) is 9.50. The van der Waals surface area contributed by atoms with Gasteiger partial charge in [-0.15, -0.1) is 0 Å². The minimum Gasteiger partial charge on any atom is -0.352 e. The SMILES string of the molecule is CC(C)(C)CCN1CCC(CNC(=O)c2cc(Cl)cc(Cl)c2)C(F)C1. The number of benzene rings is 1. The molecular formula is C19H27Cl2FN2O. The number of halogens is 3. The van der Waals surface area contributed by atoms with Gasteiger partial charge in [0.1, 0.15) is 6.17 Å². The molecule has 1 aromatic rings. The zero-order valence-electron chi connectivity index (χ0n) is 15.1. The first kappa shape index (κ1) is 20.5. The van der Waals surface area contributed by atoms with E-state index in [1.807, 2.05) is 0 Å². The molecule has 6 heteroatoms. The normalized spacial score (nSPS) is 22.0. The van der Waals surface area contributed by atoms with Crippen LogP contribution >= 0.6 is 23.2 Å². The molecule has 0 spiro atoms. The average Bonchev–Trinajstić information content (AvgIpc) is 2.50. The van der Waals surface area contributed by atoms with Crippen LogP contribution in [0.3, 0.4) is 0 Å². The van der Waals surface area contributed by atoms with Gasteiger partial charge in [-0.05, 0) is 49.5 Å². The number of rotatable bonds is 5. The maximum absolute atomic E-state index is 14.5. The third-order valence-electron chi connectivity index (χ3n) is 4.59. The van der Waals surface area contributed by atoms with E-state index in [0.29, 0.717) is 28.7 Å². The van der Waals surface area contributed by atoms with E-state index in [1.165, 1.54) is 0 Å². The van der Waals surface area contributed by atoms with Crippen molar-refractivity contribution in [3.8, 4) is 0 Å². The van der Waals surface area contributed by atoms with E-state index >= 15 is 0 Å². The van der Waals surface area contributed by atoms with Gasteiger partial charge in [0.15, 0.2) is 0 Å². The monoisotopic (exact) mass is 388 g/mol. The van der Waals surface area contributed by atoms with Crippen molar-refractivity contribution in [1.82, 2.24) is 10.2 Å². The van der Waals surface area contributed by atoms with Gasteiger partial charge in [-0.3, -0.25) is 4.79 Å². The number of carbonyl (C=O) groups excluding carboxylic acids is 1. The molecule has 25 heavy (non-hydrogen) atoms. The number of amides is 1. The molecule has 1 N–H and O–H groups in total. The van der Waals surface area contributed by atoms with Crippen molar-refractivity contribution < 1.29 is 9.18 Å². The molecule has 0 aliphatic carbocycles. The lowest BCUT2D eigenvalue weighted by Gasteiger charge is -2.36. The first-order valence-electron chi connectivity index (χ1n) is 8.75. The van der Waals surface area contributed by atoms with Gasteiger partial charge >= 0.3 is 0 Å². The summed E-state index contributed by atoms with van der Waals surface area (Å²) in [6, 6.07) is 4.69. The molecule has 1 aliphatic rings. The molecule has 1 fully saturated rings. The number of carbonyl (C=O) groups is 1. The maximum Gasteiger partial charge on any atom is 0.251 e. The van der Waals surface area contributed by atoms with Crippen LogP contribution in [0.4, 0.5) is 4.39 Å². The summed E-state index contributed by atoms with van der Waals surface area (Å²) in [5.41, 5.74) is 0.657. The number of likely N-dealkylation sites (tertiary alicyclic amines) is 1. The molecule has 2 unspecified atom stereocenters. The van der Waals surface area contributed by atoms with Crippen LogP contribution in [0.1, 0.15) is 44.0 Å². The Hall–Kier alpha value is -0.840. The van der Waals surface area contributed by atoms with E-state index in [1.54, 1.807) is 18.2 Å².